The van der Waals surface area contributed by atoms with Crippen LogP contribution in [0.15, 0.2) is 59.1 Å². The molecule has 0 radical (unpaired) electrons. The zero-order valence-electron chi connectivity index (χ0n) is 14.8. The average Bonchev–Trinajstić information content (AvgIpc) is 2.64. The number of amides is 1. The van der Waals surface area contributed by atoms with Crippen molar-refractivity contribution < 1.29 is 14.3 Å². The minimum Gasteiger partial charge on any atom is -0.461 e. The van der Waals surface area contributed by atoms with Crippen LogP contribution < -0.4 is 5.32 Å². The third kappa shape index (κ3) is 6.34. The summed E-state index contributed by atoms with van der Waals surface area (Å²) in [6.07, 6.45) is 0.0423. The van der Waals surface area contributed by atoms with Crippen LogP contribution in [0.1, 0.15) is 17.5 Å². The highest BCUT2D eigenvalue weighted by Crippen LogP contribution is 2.16. The summed E-state index contributed by atoms with van der Waals surface area (Å²) in [6.45, 7) is 2.05. The van der Waals surface area contributed by atoms with E-state index in [1.54, 1.807) is 4.90 Å². The molecule has 2 aromatic carbocycles. The van der Waals surface area contributed by atoms with Gasteiger partial charge in [0.1, 0.15) is 6.61 Å². The number of ether oxygens (including phenoxy) is 1. The number of nitrogens with one attached hydrogen (secondary N) is 1. The van der Waals surface area contributed by atoms with Crippen molar-refractivity contribution in [3.05, 3.63) is 70.2 Å². The molecule has 0 aliphatic carbocycles. The second kappa shape index (κ2) is 10.4. The van der Waals surface area contributed by atoms with E-state index >= 15 is 0 Å². The van der Waals surface area contributed by atoms with Crippen molar-refractivity contribution in [3.8, 4) is 0 Å². The third-order valence-corrected chi connectivity index (χ3v) is 4.75. The highest BCUT2D eigenvalue weighted by Gasteiger charge is 2.30. The largest absolute Gasteiger partial charge is 0.461 e. The van der Waals surface area contributed by atoms with E-state index in [4.69, 9.17) is 4.74 Å². The van der Waals surface area contributed by atoms with Crippen LogP contribution in [0.3, 0.4) is 0 Å². The Morgan fingerprint density at radius 3 is 2.63 bits per heavy atom. The van der Waals surface area contributed by atoms with Gasteiger partial charge in [-0.05, 0) is 23.3 Å². The fourth-order valence-electron chi connectivity index (χ4n) is 2.93. The fraction of sp³-hybridized carbons (Fsp3) is 0.300. The van der Waals surface area contributed by atoms with Crippen LogP contribution in [0, 0.1) is 0 Å². The van der Waals surface area contributed by atoms with Gasteiger partial charge < -0.3 is 15.0 Å². The summed E-state index contributed by atoms with van der Waals surface area (Å²) in [5, 5.41) is 3.12. The zero-order chi connectivity index (χ0) is 18.4. The number of benzene rings is 2. The topological polar surface area (TPSA) is 58.6 Å². The maximum absolute atomic E-state index is 12.7. The molecule has 1 amide bonds. The summed E-state index contributed by atoms with van der Waals surface area (Å²) in [4.78, 5) is 26.6. The zero-order valence-corrected chi connectivity index (χ0v) is 17.2. The molecule has 1 aliphatic rings. The molecular weight excluding hydrogens is 432 g/mol. The maximum Gasteiger partial charge on any atom is 0.308 e. The number of rotatable bonds is 6. The molecule has 5 nitrogen and oxygen atoms in total. The van der Waals surface area contributed by atoms with E-state index in [2.05, 4.69) is 21.2 Å². The molecule has 1 aliphatic heterocycles. The first-order valence-electron chi connectivity index (χ1n) is 8.58. The first kappa shape index (κ1) is 21.4. The number of carbonyl (C=O) groups excluding carboxylic acids is 2. The summed E-state index contributed by atoms with van der Waals surface area (Å²) in [5.41, 5.74) is 1.99. The Labute approximate surface area is 173 Å². The van der Waals surface area contributed by atoms with Gasteiger partial charge in [-0.1, -0.05) is 58.4 Å². The minimum absolute atomic E-state index is 0. The van der Waals surface area contributed by atoms with Gasteiger partial charge in [0.05, 0.1) is 12.5 Å². The molecule has 0 bridgehead atoms. The first-order chi connectivity index (χ1) is 12.6. The number of nitrogens with zero attached hydrogens (tertiary/aromatic N) is 1. The molecule has 1 heterocycles. The molecule has 1 saturated heterocycles. The summed E-state index contributed by atoms with van der Waals surface area (Å²) >= 11 is 3.45. The van der Waals surface area contributed by atoms with Crippen LogP contribution in [0.25, 0.3) is 0 Å². The molecule has 2 aromatic rings. The van der Waals surface area contributed by atoms with Gasteiger partial charge in [-0.2, -0.15) is 0 Å². The van der Waals surface area contributed by atoms with E-state index in [-0.39, 0.29) is 37.3 Å². The maximum atomic E-state index is 12.7. The molecule has 27 heavy (non-hydrogen) atoms. The smallest absolute Gasteiger partial charge is 0.308 e. The van der Waals surface area contributed by atoms with Crippen LogP contribution in [0.4, 0.5) is 0 Å². The van der Waals surface area contributed by atoms with E-state index in [1.165, 1.54) is 0 Å². The van der Waals surface area contributed by atoms with Gasteiger partial charge >= 0.3 is 5.97 Å². The number of hydrogen-bond acceptors (Lipinski definition) is 4. The van der Waals surface area contributed by atoms with Crippen molar-refractivity contribution in [2.24, 2.45) is 0 Å². The molecule has 1 atom stereocenters. The molecule has 1 fully saturated rings. The third-order valence-electron chi connectivity index (χ3n) is 4.26. The molecule has 144 valence electrons. The monoisotopic (exact) mass is 452 g/mol. The lowest BCUT2D eigenvalue weighted by molar-refractivity contribution is -0.149. The van der Waals surface area contributed by atoms with Crippen molar-refractivity contribution in [1.82, 2.24) is 10.2 Å². The second-order valence-corrected chi connectivity index (χ2v) is 7.16. The lowest BCUT2D eigenvalue weighted by Crippen LogP contribution is -2.55. The molecular formula is C20H22BrClN2O3. The summed E-state index contributed by atoms with van der Waals surface area (Å²) in [5.74, 6) is -0.433. The number of carbonyl (C=O) groups is 2. The SMILES string of the molecule is Cl.O=C(CC1NCCN(Cc2cccc(Br)c2)C1=O)OCc1ccccc1. The van der Waals surface area contributed by atoms with Crippen molar-refractivity contribution >= 4 is 40.2 Å². The van der Waals surface area contributed by atoms with Gasteiger partial charge in [-0.3, -0.25) is 9.59 Å². The second-order valence-electron chi connectivity index (χ2n) is 6.25. The van der Waals surface area contributed by atoms with Crippen LogP contribution in [0.2, 0.25) is 0 Å². The van der Waals surface area contributed by atoms with Crippen LogP contribution in [0.5, 0.6) is 0 Å². The summed E-state index contributed by atoms with van der Waals surface area (Å²) in [7, 11) is 0. The number of piperazine rings is 1. The highest BCUT2D eigenvalue weighted by molar-refractivity contribution is 9.10. The van der Waals surface area contributed by atoms with Crippen molar-refractivity contribution in [1.29, 1.82) is 0 Å². The van der Waals surface area contributed by atoms with Crippen molar-refractivity contribution in [2.45, 2.75) is 25.6 Å². The molecule has 1 unspecified atom stereocenters. The Morgan fingerprint density at radius 1 is 1.15 bits per heavy atom. The molecule has 3 rings (SSSR count). The van der Waals surface area contributed by atoms with Gasteiger partial charge in [0.15, 0.2) is 0 Å². The van der Waals surface area contributed by atoms with E-state index in [0.717, 1.165) is 15.6 Å². The fourth-order valence-corrected chi connectivity index (χ4v) is 3.37. The van der Waals surface area contributed by atoms with E-state index < -0.39 is 6.04 Å². The Balaban J connectivity index is 0.00000261. The molecule has 1 N–H and O–H groups in total. The summed E-state index contributed by atoms with van der Waals surface area (Å²) in [6, 6.07) is 16.9. The average molecular weight is 454 g/mol. The van der Waals surface area contributed by atoms with E-state index in [1.807, 2.05) is 54.6 Å². The molecule has 7 heteroatoms. The normalized spacial score (nSPS) is 16.6. The molecule has 0 spiro atoms. The standard InChI is InChI=1S/C20H21BrN2O3.ClH/c21-17-8-4-7-16(11-17)13-23-10-9-22-18(20(23)25)12-19(24)26-14-15-5-2-1-3-6-15;/h1-8,11,18,22H,9-10,12-14H2;1H. The van der Waals surface area contributed by atoms with Gasteiger partial charge in [0, 0.05) is 24.1 Å². The number of halogens is 2. The van der Waals surface area contributed by atoms with Crippen molar-refractivity contribution in [2.75, 3.05) is 13.1 Å². The predicted octanol–water partition coefficient (Wildman–Crippen LogP) is 3.30. The van der Waals surface area contributed by atoms with E-state index in [0.29, 0.717) is 19.6 Å². The molecule has 0 aromatic heterocycles. The van der Waals surface area contributed by atoms with Gasteiger partial charge in [0.25, 0.3) is 0 Å². The number of hydrogen-bond donors (Lipinski definition) is 1. The summed E-state index contributed by atoms with van der Waals surface area (Å²) < 4.78 is 6.28. The lowest BCUT2D eigenvalue weighted by atomic mass is 10.1. The number of esters is 1. The van der Waals surface area contributed by atoms with Gasteiger partial charge in [-0.15, -0.1) is 12.4 Å². The van der Waals surface area contributed by atoms with E-state index in [9.17, 15) is 9.59 Å². The quantitative estimate of drug-likeness (QED) is 0.682. The minimum atomic E-state index is -0.529. The lowest BCUT2D eigenvalue weighted by Gasteiger charge is -2.33. The Hall–Kier alpha value is -1.89. The first-order valence-corrected chi connectivity index (χ1v) is 9.37. The highest BCUT2D eigenvalue weighted by atomic mass is 79.9. The van der Waals surface area contributed by atoms with Crippen LogP contribution in [-0.2, 0) is 27.5 Å². The van der Waals surface area contributed by atoms with Gasteiger partial charge in [0.2, 0.25) is 5.91 Å². The Morgan fingerprint density at radius 2 is 1.89 bits per heavy atom. The predicted molar refractivity (Wildman–Crippen MR) is 109 cm³/mol. The van der Waals surface area contributed by atoms with Crippen LogP contribution >= 0.6 is 28.3 Å². The molecule has 0 saturated carbocycles. The van der Waals surface area contributed by atoms with Crippen molar-refractivity contribution in [3.63, 3.8) is 0 Å². The van der Waals surface area contributed by atoms with Gasteiger partial charge in [-0.25, -0.2) is 0 Å². The Bertz CT molecular complexity index is 773. The Kier molecular flexibility index (Phi) is 8.28. The van der Waals surface area contributed by atoms with Crippen LogP contribution in [-0.4, -0.2) is 35.9 Å².